The van der Waals surface area contributed by atoms with E-state index in [1.54, 1.807) is 31.2 Å². The zero-order chi connectivity index (χ0) is 17.0. The number of rotatable bonds is 5. The van der Waals surface area contributed by atoms with E-state index in [4.69, 9.17) is 16.3 Å². The van der Waals surface area contributed by atoms with Gasteiger partial charge in [-0.1, -0.05) is 30.7 Å². The summed E-state index contributed by atoms with van der Waals surface area (Å²) in [5.74, 6) is -0.493. The highest BCUT2D eigenvalue weighted by Crippen LogP contribution is 2.29. The van der Waals surface area contributed by atoms with Gasteiger partial charge in [-0.25, -0.2) is 13.2 Å². The monoisotopic (exact) mass is 416 g/mol. The van der Waals surface area contributed by atoms with Crippen LogP contribution in [0.15, 0.2) is 51.8 Å². The van der Waals surface area contributed by atoms with Crippen LogP contribution in [0, 0.1) is 0 Å². The van der Waals surface area contributed by atoms with Crippen molar-refractivity contribution in [3.05, 3.63) is 57.5 Å². The quantitative estimate of drug-likeness (QED) is 0.530. The maximum absolute atomic E-state index is 12.4. The normalized spacial score (nSPS) is 11.3. The van der Waals surface area contributed by atoms with E-state index in [0.29, 0.717) is 15.9 Å². The molecule has 0 N–H and O–H groups in total. The average Bonchev–Trinajstić information content (AvgIpc) is 2.50. The first-order valence-electron chi connectivity index (χ1n) is 6.84. The van der Waals surface area contributed by atoms with E-state index in [9.17, 15) is 13.2 Å². The molecular formula is C16H14BrClO4S. The molecule has 0 amide bonds. The van der Waals surface area contributed by atoms with Crippen molar-refractivity contribution in [3.63, 3.8) is 0 Å². The van der Waals surface area contributed by atoms with Crippen LogP contribution in [0.3, 0.4) is 0 Å². The molecule has 0 aromatic heterocycles. The summed E-state index contributed by atoms with van der Waals surface area (Å²) in [5.41, 5.74) is 0.0165. The highest BCUT2D eigenvalue weighted by Gasteiger charge is 2.23. The van der Waals surface area contributed by atoms with Gasteiger partial charge in [0.15, 0.2) is 9.84 Å². The van der Waals surface area contributed by atoms with Gasteiger partial charge in [-0.15, -0.1) is 0 Å². The van der Waals surface area contributed by atoms with Gasteiger partial charge in [-0.2, -0.15) is 0 Å². The molecule has 0 saturated heterocycles. The lowest BCUT2D eigenvalue weighted by atomic mass is 10.2. The third-order valence-corrected chi connectivity index (χ3v) is 5.84. The summed E-state index contributed by atoms with van der Waals surface area (Å²) in [4.78, 5) is 12.4. The Morgan fingerprint density at radius 1 is 1.22 bits per heavy atom. The number of halogens is 2. The largest absolute Gasteiger partial charge is 0.422 e. The Kier molecular flexibility index (Phi) is 5.84. The topological polar surface area (TPSA) is 60.4 Å². The number of hydrogen-bond donors (Lipinski definition) is 0. The SMILES string of the molecule is CCCS(=O)(=O)c1ccccc1C(=O)Oc1ccc(Cl)cc1Br. The van der Waals surface area contributed by atoms with Gasteiger partial charge in [0.1, 0.15) is 5.75 Å². The van der Waals surface area contributed by atoms with Crippen molar-refractivity contribution < 1.29 is 17.9 Å². The Balaban J connectivity index is 2.37. The molecule has 122 valence electrons. The van der Waals surface area contributed by atoms with Crippen LogP contribution in [0.2, 0.25) is 5.02 Å². The number of ether oxygens (including phenoxy) is 1. The highest BCUT2D eigenvalue weighted by atomic mass is 79.9. The minimum atomic E-state index is -3.53. The van der Waals surface area contributed by atoms with Gasteiger partial charge in [-0.3, -0.25) is 0 Å². The van der Waals surface area contributed by atoms with Crippen molar-refractivity contribution in [2.45, 2.75) is 18.2 Å². The molecule has 0 aliphatic carbocycles. The molecule has 2 aromatic rings. The number of esters is 1. The van der Waals surface area contributed by atoms with Crippen LogP contribution in [-0.2, 0) is 9.84 Å². The summed E-state index contributed by atoms with van der Waals surface area (Å²) in [6.07, 6.45) is 0.467. The van der Waals surface area contributed by atoms with Crippen LogP contribution in [0.25, 0.3) is 0 Å². The van der Waals surface area contributed by atoms with Crippen LogP contribution < -0.4 is 4.74 Å². The van der Waals surface area contributed by atoms with Gasteiger partial charge in [0.25, 0.3) is 0 Å². The van der Waals surface area contributed by atoms with Crippen molar-refractivity contribution in [1.82, 2.24) is 0 Å². The smallest absolute Gasteiger partial charge is 0.344 e. The molecule has 4 nitrogen and oxygen atoms in total. The summed E-state index contributed by atoms with van der Waals surface area (Å²) >= 11 is 9.09. The standard InChI is InChI=1S/C16H14BrClO4S/c1-2-9-23(20,21)15-6-4-3-5-12(15)16(19)22-14-8-7-11(18)10-13(14)17/h3-8,10H,2,9H2,1H3. The van der Waals surface area contributed by atoms with Crippen LogP contribution >= 0.6 is 27.5 Å². The second kappa shape index (κ2) is 7.47. The molecule has 2 aromatic carbocycles. The van der Waals surface area contributed by atoms with Crippen molar-refractivity contribution >= 4 is 43.3 Å². The summed E-state index contributed by atoms with van der Waals surface area (Å²) in [7, 11) is -3.53. The zero-order valence-corrected chi connectivity index (χ0v) is 15.4. The number of hydrogen-bond acceptors (Lipinski definition) is 4. The number of carbonyl (C=O) groups excluding carboxylic acids is 1. The first-order chi connectivity index (χ1) is 10.8. The molecule has 0 heterocycles. The van der Waals surface area contributed by atoms with E-state index in [0.717, 1.165) is 0 Å². The molecule has 2 rings (SSSR count). The first kappa shape index (κ1) is 18.0. The molecular weight excluding hydrogens is 404 g/mol. The van der Waals surface area contributed by atoms with Gasteiger partial charge < -0.3 is 4.74 Å². The number of sulfone groups is 1. The van der Waals surface area contributed by atoms with Gasteiger partial charge in [0.05, 0.1) is 20.7 Å². The van der Waals surface area contributed by atoms with Gasteiger partial charge in [0, 0.05) is 5.02 Å². The lowest BCUT2D eigenvalue weighted by Gasteiger charge is -2.10. The lowest BCUT2D eigenvalue weighted by molar-refractivity contribution is 0.0729. The maximum atomic E-state index is 12.4. The molecule has 0 atom stereocenters. The molecule has 23 heavy (non-hydrogen) atoms. The van der Waals surface area contributed by atoms with E-state index in [-0.39, 0.29) is 22.0 Å². The van der Waals surface area contributed by atoms with E-state index in [2.05, 4.69) is 15.9 Å². The molecule has 0 aliphatic rings. The minimum absolute atomic E-state index is 0.0165. The van der Waals surface area contributed by atoms with Gasteiger partial charge in [-0.05, 0) is 52.7 Å². The Labute approximate surface area is 148 Å². The molecule has 0 radical (unpaired) electrons. The zero-order valence-electron chi connectivity index (χ0n) is 12.3. The Hall–Kier alpha value is -1.37. The minimum Gasteiger partial charge on any atom is -0.422 e. The first-order valence-corrected chi connectivity index (χ1v) is 9.66. The Morgan fingerprint density at radius 2 is 1.91 bits per heavy atom. The van der Waals surface area contributed by atoms with E-state index < -0.39 is 15.8 Å². The van der Waals surface area contributed by atoms with Crippen LogP contribution in [-0.4, -0.2) is 20.1 Å². The van der Waals surface area contributed by atoms with E-state index in [1.807, 2.05) is 0 Å². The highest BCUT2D eigenvalue weighted by molar-refractivity contribution is 9.10. The molecule has 0 saturated carbocycles. The van der Waals surface area contributed by atoms with Crippen molar-refractivity contribution in [1.29, 1.82) is 0 Å². The van der Waals surface area contributed by atoms with Gasteiger partial charge in [0.2, 0.25) is 0 Å². The molecule has 0 unspecified atom stereocenters. The van der Waals surface area contributed by atoms with E-state index in [1.165, 1.54) is 18.2 Å². The van der Waals surface area contributed by atoms with Gasteiger partial charge >= 0.3 is 5.97 Å². The molecule has 0 bridgehead atoms. The summed E-state index contributed by atoms with van der Waals surface area (Å²) in [6.45, 7) is 1.77. The predicted molar refractivity (Wildman–Crippen MR) is 92.9 cm³/mol. The summed E-state index contributed by atoms with van der Waals surface area (Å²) in [5, 5.41) is 0.489. The third-order valence-electron chi connectivity index (χ3n) is 3.01. The molecule has 0 fully saturated rings. The number of carbonyl (C=O) groups is 1. The maximum Gasteiger partial charge on any atom is 0.344 e. The second-order valence-electron chi connectivity index (χ2n) is 4.78. The molecule has 0 aliphatic heterocycles. The van der Waals surface area contributed by atoms with Crippen LogP contribution in [0.5, 0.6) is 5.75 Å². The van der Waals surface area contributed by atoms with E-state index >= 15 is 0 Å². The summed E-state index contributed by atoms with van der Waals surface area (Å²) < 4.78 is 30.4. The average molecular weight is 418 g/mol. The van der Waals surface area contributed by atoms with Crippen molar-refractivity contribution in [2.75, 3.05) is 5.75 Å². The Bertz CT molecular complexity index is 834. The summed E-state index contributed by atoms with van der Waals surface area (Å²) in [6, 6.07) is 10.7. The fourth-order valence-corrected chi connectivity index (χ4v) is 4.29. The van der Waals surface area contributed by atoms with Crippen molar-refractivity contribution in [2.24, 2.45) is 0 Å². The van der Waals surface area contributed by atoms with Crippen LogP contribution in [0.4, 0.5) is 0 Å². The Morgan fingerprint density at radius 3 is 2.57 bits per heavy atom. The second-order valence-corrected chi connectivity index (χ2v) is 8.15. The van der Waals surface area contributed by atoms with Crippen LogP contribution in [0.1, 0.15) is 23.7 Å². The molecule has 0 spiro atoms. The van der Waals surface area contributed by atoms with Crippen molar-refractivity contribution in [3.8, 4) is 5.75 Å². The fourth-order valence-electron chi connectivity index (χ4n) is 2.00. The fraction of sp³-hybridized carbons (Fsp3) is 0.188. The lowest BCUT2D eigenvalue weighted by Crippen LogP contribution is -2.16. The number of benzene rings is 2. The predicted octanol–water partition coefficient (Wildman–Crippen LogP) is 4.51. The molecule has 7 heteroatoms. The third kappa shape index (κ3) is 4.34.